The molecule has 0 unspecified atom stereocenters. The van der Waals surface area contributed by atoms with Gasteiger partial charge in [-0.05, 0) is 29.9 Å². The zero-order valence-electron chi connectivity index (χ0n) is 14.3. The number of hydrogen-bond donors (Lipinski definition) is 1. The van der Waals surface area contributed by atoms with E-state index in [2.05, 4.69) is 0 Å². The Morgan fingerprint density at radius 3 is 2.48 bits per heavy atom. The zero-order valence-corrected chi connectivity index (χ0v) is 15.1. The molecule has 2 aromatic rings. The van der Waals surface area contributed by atoms with Gasteiger partial charge in [0, 0.05) is 24.6 Å². The van der Waals surface area contributed by atoms with Crippen molar-refractivity contribution in [3.05, 3.63) is 42.0 Å². The normalized spacial score (nSPS) is 14.8. The Kier molecular flexibility index (Phi) is 5.24. The van der Waals surface area contributed by atoms with Gasteiger partial charge >= 0.3 is 5.97 Å². The molecular formula is C18H17NO7S. The van der Waals surface area contributed by atoms with Crippen molar-refractivity contribution in [2.24, 2.45) is 0 Å². The highest BCUT2D eigenvalue weighted by Crippen LogP contribution is 2.24. The molecule has 9 heteroatoms. The highest BCUT2D eigenvalue weighted by atomic mass is 32.2. The summed E-state index contributed by atoms with van der Waals surface area (Å²) in [6.45, 7) is 0. The lowest BCUT2D eigenvalue weighted by Crippen LogP contribution is -2.31. The minimum Gasteiger partial charge on any atom is -0.330 e. The summed E-state index contributed by atoms with van der Waals surface area (Å²) in [5.41, 5.74) is 0.871. The van der Waals surface area contributed by atoms with Crippen molar-refractivity contribution >= 4 is 38.7 Å². The summed E-state index contributed by atoms with van der Waals surface area (Å²) in [6.07, 6.45) is 1.07. The first-order valence-corrected chi connectivity index (χ1v) is 9.75. The zero-order chi connectivity index (χ0) is 19.6. The summed E-state index contributed by atoms with van der Waals surface area (Å²) in [5, 5.41) is 1.59. The van der Waals surface area contributed by atoms with E-state index in [0.717, 1.165) is 5.56 Å². The third-order valence-electron chi connectivity index (χ3n) is 4.23. The lowest BCUT2D eigenvalue weighted by molar-refractivity contribution is -0.197. The van der Waals surface area contributed by atoms with Gasteiger partial charge in [-0.1, -0.05) is 30.3 Å². The number of aryl methyl sites for hydroxylation is 1. The van der Waals surface area contributed by atoms with E-state index in [0.29, 0.717) is 28.7 Å². The molecule has 0 aromatic heterocycles. The lowest BCUT2D eigenvalue weighted by Gasteiger charge is -2.12. The first-order valence-electron chi connectivity index (χ1n) is 8.31. The number of carbonyl (C=O) groups excluding carboxylic acids is 3. The molecule has 2 aromatic carbocycles. The molecule has 1 heterocycles. The Morgan fingerprint density at radius 2 is 1.81 bits per heavy atom. The number of hydrogen-bond acceptors (Lipinski definition) is 6. The Labute approximate surface area is 155 Å². The van der Waals surface area contributed by atoms with Crippen LogP contribution in [0.1, 0.15) is 31.2 Å². The Morgan fingerprint density at radius 1 is 1.11 bits per heavy atom. The fourth-order valence-corrected chi connectivity index (χ4v) is 3.64. The van der Waals surface area contributed by atoms with E-state index in [1.807, 2.05) is 0 Å². The number of nitrogens with zero attached hydrogens (tertiary/aromatic N) is 1. The van der Waals surface area contributed by atoms with Gasteiger partial charge < -0.3 is 4.84 Å². The third kappa shape index (κ3) is 4.32. The Bertz CT molecular complexity index is 1010. The second-order valence-electron chi connectivity index (χ2n) is 6.19. The molecular weight excluding hydrogens is 374 g/mol. The van der Waals surface area contributed by atoms with Crippen molar-refractivity contribution in [3.8, 4) is 0 Å². The molecule has 1 aliphatic rings. The average molecular weight is 391 g/mol. The summed E-state index contributed by atoms with van der Waals surface area (Å²) in [4.78, 5) is 39.2. The molecule has 27 heavy (non-hydrogen) atoms. The van der Waals surface area contributed by atoms with Crippen LogP contribution in [-0.4, -0.2) is 35.8 Å². The van der Waals surface area contributed by atoms with Gasteiger partial charge in [-0.3, -0.25) is 14.1 Å². The number of rotatable bonds is 6. The highest BCUT2D eigenvalue weighted by Gasteiger charge is 2.32. The lowest BCUT2D eigenvalue weighted by atomic mass is 10.0. The second kappa shape index (κ2) is 7.45. The summed E-state index contributed by atoms with van der Waals surface area (Å²) in [5.74, 6) is -1.69. The minimum atomic E-state index is -4.31. The van der Waals surface area contributed by atoms with Gasteiger partial charge in [0.15, 0.2) is 0 Å². The van der Waals surface area contributed by atoms with Crippen molar-refractivity contribution in [3.63, 3.8) is 0 Å². The molecule has 0 bridgehead atoms. The van der Waals surface area contributed by atoms with Crippen LogP contribution in [0.5, 0.6) is 0 Å². The summed E-state index contributed by atoms with van der Waals surface area (Å²) in [7, 11) is -4.31. The molecule has 142 valence electrons. The van der Waals surface area contributed by atoms with Crippen molar-refractivity contribution in [2.45, 2.75) is 37.0 Å². The largest absolute Gasteiger partial charge is 0.333 e. The third-order valence-corrected chi connectivity index (χ3v) is 5.14. The fourth-order valence-electron chi connectivity index (χ4n) is 2.93. The average Bonchev–Trinajstić information content (AvgIpc) is 2.92. The topological polar surface area (TPSA) is 118 Å². The van der Waals surface area contributed by atoms with Crippen molar-refractivity contribution in [2.75, 3.05) is 0 Å². The molecule has 0 saturated carbocycles. The number of amides is 2. The summed E-state index contributed by atoms with van der Waals surface area (Å²) in [6, 6.07) is 9.70. The van der Waals surface area contributed by atoms with Crippen molar-refractivity contribution in [1.29, 1.82) is 0 Å². The van der Waals surface area contributed by atoms with Gasteiger partial charge in [-0.2, -0.15) is 8.42 Å². The van der Waals surface area contributed by atoms with Crippen LogP contribution in [0, 0.1) is 0 Å². The molecule has 0 aliphatic carbocycles. The van der Waals surface area contributed by atoms with Crippen LogP contribution < -0.4 is 0 Å². The molecule has 1 N–H and O–H groups in total. The van der Waals surface area contributed by atoms with E-state index in [1.165, 1.54) is 12.1 Å². The van der Waals surface area contributed by atoms with Gasteiger partial charge in [0.25, 0.3) is 21.9 Å². The van der Waals surface area contributed by atoms with Crippen LogP contribution in [0.4, 0.5) is 0 Å². The van der Waals surface area contributed by atoms with E-state index in [4.69, 9.17) is 4.84 Å². The first kappa shape index (κ1) is 19.0. The monoisotopic (exact) mass is 391 g/mol. The molecule has 3 rings (SSSR count). The summed E-state index contributed by atoms with van der Waals surface area (Å²) < 4.78 is 32.1. The standard InChI is InChI=1S/C18H17NO7S/c20-16-9-10-17(21)19(16)26-18(22)6-1-3-12-7-8-14-13(11-12)4-2-5-15(14)27(23,24)25/h2,4-5,7-8,11H,1,3,6,9-10H2,(H,23,24,25). The number of fused-ring (bicyclic) bond motifs is 1. The van der Waals surface area contributed by atoms with Gasteiger partial charge in [-0.25, -0.2) is 4.79 Å². The predicted molar refractivity (Wildman–Crippen MR) is 93.9 cm³/mol. The first-order chi connectivity index (χ1) is 12.8. The number of benzene rings is 2. The maximum Gasteiger partial charge on any atom is 0.333 e. The fraction of sp³-hybridized carbons (Fsp3) is 0.278. The van der Waals surface area contributed by atoms with Crippen LogP contribution in [-0.2, 0) is 35.8 Å². The van der Waals surface area contributed by atoms with Crippen LogP contribution in [0.3, 0.4) is 0 Å². The molecule has 1 aliphatic heterocycles. The maximum absolute atomic E-state index is 11.8. The molecule has 2 amide bonds. The molecule has 8 nitrogen and oxygen atoms in total. The van der Waals surface area contributed by atoms with Gasteiger partial charge in [0.2, 0.25) is 0 Å². The van der Waals surface area contributed by atoms with E-state index >= 15 is 0 Å². The Balaban J connectivity index is 1.61. The number of hydroxylamine groups is 2. The predicted octanol–water partition coefficient (Wildman–Crippen LogP) is 2.02. The smallest absolute Gasteiger partial charge is 0.330 e. The molecule has 0 spiro atoms. The molecule has 0 atom stereocenters. The van der Waals surface area contributed by atoms with Gasteiger partial charge in [0.1, 0.15) is 4.90 Å². The van der Waals surface area contributed by atoms with E-state index < -0.39 is 27.9 Å². The van der Waals surface area contributed by atoms with Crippen LogP contribution in [0.15, 0.2) is 41.3 Å². The van der Waals surface area contributed by atoms with Crippen LogP contribution >= 0.6 is 0 Å². The molecule has 1 saturated heterocycles. The SMILES string of the molecule is O=C(CCCc1ccc2c(S(=O)(=O)O)cccc2c1)ON1C(=O)CCC1=O. The molecule has 1 fully saturated rings. The van der Waals surface area contributed by atoms with Crippen molar-refractivity contribution in [1.82, 2.24) is 5.06 Å². The van der Waals surface area contributed by atoms with E-state index in [-0.39, 0.29) is 24.2 Å². The highest BCUT2D eigenvalue weighted by molar-refractivity contribution is 7.86. The van der Waals surface area contributed by atoms with E-state index in [1.54, 1.807) is 24.3 Å². The van der Waals surface area contributed by atoms with Crippen molar-refractivity contribution < 1.29 is 32.2 Å². The van der Waals surface area contributed by atoms with E-state index in [9.17, 15) is 27.4 Å². The minimum absolute atomic E-state index is 0.0279. The maximum atomic E-state index is 11.8. The molecule has 0 radical (unpaired) electrons. The Hall–Kier alpha value is -2.78. The number of imide groups is 1. The number of carbonyl (C=O) groups is 3. The van der Waals surface area contributed by atoms with Crippen LogP contribution in [0.25, 0.3) is 10.8 Å². The van der Waals surface area contributed by atoms with Gasteiger partial charge in [-0.15, -0.1) is 5.06 Å². The summed E-state index contributed by atoms with van der Waals surface area (Å²) >= 11 is 0. The van der Waals surface area contributed by atoms with Gasteiger partial charge in [0.05, 0.1) is 0 Å². The van der Waals surface area contributed by atoms with Crippen LogP contribution in [0.2, 0.25) is 0 Å². The second-order valence-corrected chi connectivity index (χ2v) is 7.58. The quantitative estimate of drug-likeness (QED) is 0.591.